The lowest BCUT2D eigenvalue weighted by Crippen LogP contribution is -2.55. The van der Waals surface area contributed by atoms with E-state index in [1.807, 2.05) is 49.1 Å². The first-order valence-electron chi connectivity index (χ1n) is 21.2. The Morgan fingerprint density at radius 2 is 1.72 bits per heavy atom. The van der Waals surface area contributed by atoms with Gasteiger partial charge in [0.2, 0.25) is 5.91 Å². The third-order valence-electron chi connectivity index (χ3n) is 14.5. The van der Waals surface area contributed by atoms with Crippen LogP contribution >= 0.6 is 0 Å². The topological polar surface area (TPSA) is 110 Å². The molecule has 3 aromatic rings. The van der Waals surface area contributed by atoms with E-state index in [9.17, 15) is 19.5 Å². The maximum atomic E-state index is 14.1. The van der Waals surface area contributed by atoms with Gasteiger partial charge in [-0.3, -0.25) is 9.59 Å². The molecule has 1 N–H and O–H groups in total. The molecule has 5 aliphatic rings. The van der Waals surface area contributed by atoms with E-state index >= 15 is 0 Å². The fraction of sp³-hybridized carbons (Fsp3) is 0.565. The molecule has 57 heavy (non-hydrogen) atoms. The fourth-order valence-electron chi connectivity index (χ4n) is 10.9. The third kappa shape index (κ3) is 7.03. The molecule has 8 rings (SSSR count). The number of piperazine rings is 2. The molecule has 2 aromatic carbocycles. The predicted molar refractivity (Wildman–Crippen MR) is 221 cm³/mol. The molecule has 302 valence electrons. The van der Waals surface area contributed by atoms with Crippen LogP contribution in [-0.2, 0) is 11.2 Å². The Morgan fingerprint density at radius 3 is 2.46 bits per heavy atom. The summed E-state index contributed by atoms with van der Waals surface area (Å²) in [7, 11) is 2.07. The highest BCUT2D eigenvalue weighted by atomic mass is 16.6. The monoisotopic (exact) mass is 774 g/mol. The van der Waals surface area contributed by atoms with Gasteiger partial charge in [-0.05, 0) is 112 Å². The van der Waals surface area contributed by atoms with E-state index in [1.54, 1.807) is 15.9 Å². The van der Waals surface area contributed by atoms with Crippen molar-refractivity contribution in [2.75, 3.05) is 70.9 Å². The molecule has 3 amide bonds. The zero-order chi connectivity index (χ0) is 40.1. The number of aromatic nitrogens is 1. The number of aryl methyl sites for hydroxylation is 1. The van der Waals surface area contributed by atoms with Crippen LogP contribution in [-0.4, -0.2) is 125 Å². The summed E-state index contributed by atoms with van der Waals surface area (Å²) in [6, 6.07) is 15.1. The van der Waals surface area contributed by atoms with Crippen molar-refractivity contribution in [1.82, 2.24) is 24.6 Å². The Bertz CT molecular complexity index is 2070. The number of ether oxygens (including phenoxy) is 1. The van der Waals surface area contributed by atoms with Gasteiger partial charge in [0, 0.05) is 69.7 Å². The van der Waals surface area contributed by atoms with E-state index in [-0.39, 0.29) is 23.3 Å². The fourth-order valence-corrected chi connectivity index (χ4v) is 10.9. The van der Waals surface area contributed by atoms with Gasteiger partial charge < -0.3 is 34.3 Å². The van der Waals surface area contributed by atoms with E-state index in [2.05, 4.69) is 46.8 Å². The zero-order valence-corrected chi connectivity index (χ0v) is 34.1. The number of aliphatic hydroxyl groups is 1. The highest BCUT2D eigenvalue weighted by Crippen LogP contribution is 2.64. The van der Waals surface area contributed by atoms with Crippen molar-refractivity contribution in [3.05, 3.63) is 65.4 Å². The molecule has 0 spiro atoms. The van der Waals surface area contributed by atoms with E-state index in [0.29, 0.717) is 87.9 Å². The van der Waals surface area contributed by atoms with Gasteiger partial charge in [0.15, 0.2) is 5.75 Å². The second-order valence-corrected chi connectivity index (χ2v) is 17.5. The molecule has 1 aromatic heterocycles. The Morgan fingerprint density at radius 1 is 0.982 bits per heavy atom. The number of anilines is 1. The molecule has 3 aliphatic carbocycles. The molecule has 3 heterocycles. The number of pyridine rings is 1. The summed E-state index contributed by atoms with van der Waals surface area (Å²) in [5, 5.41) is 12.5. The molecular weight excluding hydrogens is 717 g/mol. The summed E-state index contributed by atoms with van der Waals surface area (Å²) in [6.07, 6.45) is 11.7. The molecule has 11 nitrogen and oxygen atoms in total. The number of likely N-dealkylation sites (N-methyl/N-ethyl adjacent to an activating group) is 1. The minimum atomic E-state index is -1.06. The van der Waals surface area contributed by atoms with Gasteiger partial charge in [-0.25, -0.2) is 9.78 Å². The molecule has 2 saturated carbocycles. The van der Waals surface area contributed by atoms with Crippen molar-refractivity contribution in [3.8, 4) is 18.1 Å². The van der Waals surface area contributed by atoms with Crippen LogP contribution in [0.1, 0.15) is 86.8 Å². The second-order valence-electron chi connectivity index (χ2n) is 17.5. The van der Waals surface area contributed by atoms with Crippen molar-refractivity contribution >= 4 is 34.5 Å². The van der Waals surface area contributed by atoms with Crippen LogP contribution in [0, 0.1) is 29.6 Å². The maximum absolute atomic E-state index is 14.1. The van der Waals surface area contributed by atoms with Crippen LogP contribution < -0.4 is 9.64 Å². The largest absolute Gasteiger partial charge is 0.415 e. The van der Waals surface area contributed by atoms with E-state index in [0.717, 1.165) is 61.8 Å². The summed E-state index contributed by atoms with van der Waals surface area (Å²) in [4.78, 5) is 56.1. The van der Waals surface area contributed by atoms with Crippen LogP contribution in [0.15, 0.2) is 48.5 Å². The van der Waals surface area contributed by atoms with E-state index in [1.165, 1.54) is 11.1 Å². The van der Waals surface area contributed by atoms with Crippen LogP contribution in [0.5, 0.6) is 5.75 Å². The molecule has 6 atom stereocenters. The number of hydrogen-bond donors (Lipinski definition) is 1. The lowest BCUT2D eigenvalue weighted by Gasteiger charge is -2.52. The van der Waals surface area contributed by atoms with Crippen molar-refractivity contribution in [1.29, 1.82) is 0 Å². The molecular formula is C46H58N6O5. The van der Waals surface area contributed by atoms with Gasteiger partial charge in [-0.2, -0.15) is 0 Å². The summed E-state index contributed by atoms with van der Waals surface area (Å²) in [6.45, 7) is 11.4. The average molecular weight is 775 g/mol. The quantitative estimate of drug-likeness (QED) is 0.301. The summed E-state index contributed by atoms with van der Waals surface area (Å²) < 4.78 is 6.31. The number of para-hydroxylation sites is 1. The predicted octanol–water partition coefficient (Wildman–Crippen LogP) is 5.79. The van der Waals surface area contributed by atoms with Crippen molar-refractivity contribution in [2.24, 2.45) is 17.3 Å². The Balaban J connectivity index is 1.02. The van der Waals surface area contributed by atoms with Gasteiger partial charge in [0.05, 0.1) is 11.2 Å². The number of hydrogen-bond acceptors (Lipinski definition) is 8. The second kappa shape index (κ2) is 15.6. The molecule has 0 radical (unpaired) electrons. The van der Waals surface area contributed by atoms with Crippen LogP contribution in [0.3, 0.4) is 0 Å². The molecule has 11 heteroatoms. The first-order valence-corrected chi connectivity index (χ1v) is 21.2. The Labute approximate surface area is 337 Å². The molecule has 0 bridgehead atoms. The SMILES string of the molecule is C#C[C@]1(O)CCC2[C@@H]3CCc4cc(OC(=O)N5CCN(C)CC5)c(N5CCN(C(=O)[C@H](C)N(CCC)C(=O)c6ccc7ccccc7n6)CC5)cc4C3CC[C@@]21C. The number of fused-ring (bicyclic) bond motifs is 6. The smallest absolute Gasteiger partial charge is 0.408 e. The summed E-state index contributed by atoms with van der Waals surface area (Å²) in [5.74, 6) is 4.18. The highest BCUT2D eigenvalue weighted by molar-refractivity contribution is 5.98. The first kappa shape index (κ1) is 39.2. The molecule has 2 unspecified atom stereocenters. The van der Waals surface area contributed by atoms with Gasteiger partial charge >= 0.3 is 6.09 Å². The van der Waals surface area contributed by atoms with Crippen molar-refractivity contribution in [2.45, 2.75) is 83.3 Å². The van der Waals surface area contributed by atoms with E-state index < -0.39 is 11.6 Å². The number of rotatable bonds is 7. The third-order valence-corrected chi connectivity index (χ3v) is 14.5. The van der Waals surface area contributed by atoms with Crippen LogP contribution in [0.25, 0.3) is 10.9 Å². The minimum Gasteiger partial charge on any atom is -0.408 e. The maximum Gasteiger partial charge on any atom is 0.415 e. The molecule has 2 aliphatic heterocycles. The average Bonchev–Trinajstić information content (AvgIpc) is 3.51. The van der Waals surface area contributed by atoms with Gasteiger partial charge in [-0.1, -0.05) is 44.0 Å². The molecule has 4 fully saturated rings. The normalized spacial score (nSPS) is 27.9. The van der Waals surface area contributed by atoms with Gasteiger partial charge in [0.1, 0.15) is 17.3 Å². The number of amides is 3. The summed E-state index contributed by atoms with van der Waals surface area (Å²) >= 11 is 0. The number of benzene rings is 2. The van der Waals surface area contributed by atoms with Gasteiger partial charge in [0.25, 0.3) is 5.91 Å². The lowest BCUT2D eigenvalue weighted by molar-refractivity contribution is -0.135. The molecule has 2 saturated heterocycles. The number of terminal acetylenes is 1. The minimum absolute atomic E-state index is 0.0824. The lowest BCUT2D eigenvalue weighted by atomic mass is 9.53. The van der Waals surface area contributed by atoms with Crippen molar-refractivity contribution < 1.29 is 24.2 Å². The number of nitrogens with zero attached hydrogens (tertiary/aromatic N) is 6. The standard InChI is InChI=1S/C46H58N6O5/c1-6-20-52(43(54)39-15-13-32-10-8-9-11-38(32)47-39)31(3)42(53)50-27-25-49(26-28-50)40-30-36-33(29-41(40)57-44(55)51-23-21-48(5)22-24-51)12-14-35-34(36)16-18-45(4)37(35)17-19-46(45,56)7-2/h2,8-11,13,15,29-31,34-35,37,56H,6,12,14,16-28H2,1,3-5H3/t31-,34?,35+,37?,45-,46-/m0/s1. The van der Waals surface area contributed by atoms with E-state index in [4.69, 9.17) is 11.2 Å². The summed E-state index contributed by atoms with van der Waals surface area (Å²) in [5.41, 5.74) is 3.19. The number of carbonyl (C=O) groups is 3. The number of carbonyl (C=O) groups excluding carboxylic acids is 3. The Kier molecular flexibility index (Phi) is 10.7. The zero-order valence-electron chi connectivity index (χ0n) is 34.1. The van der Waals surface area contributed by atoms with Gasteiger partial charge in [-0.15, -0.1) is 6.42 Å². The Hall–Kier alpha value is -4.66. The van der Waals surface area contributed by atoms with Crippen LogP contribution in [0.2, 0.25) is 0 Å². The highest BCUT2D eigenvalue weighted by Gasteiger charge is 2.61. The van der Waals surface area contributed by atoms with Crippen LogP contribution in [0.4, 0.5) is 10.5 Å². The van der Waals surface area contributed by atoms with Crippen molar-refractivity contribution in [3.63, 3.8) is 0 Å². The first-order chi connectivity index (χ1) is 27.4.